The van der Waals surface area contributed by atoms with Crippen LogP contribution in [0.3, 0.4) is 0 Å². The lowest BCUT2D eigenvalue weighted by atomic mass is 10.1. The van der Waals surface area contributed by atoms with E-state index in [9.17, 15) is 0 Å². The summed E-state index contributed by atoms with van der Waals surface area (Å²) in [5.74, 6) is 0. The van der Waals surface area contributed by atoms with Gasteiger partial charge in [0, 0.05) is 13.1 Å². The zero-order valence-corrected chi connectivity index (χ0v) is 12.2. The Morgan fingerprint density at radius 3 is 2.42 bits per heavy atom. The third kappa shape index (κ3) is 4.09. The van der Waals surface area contributed by atoms with Crippen molar-refractivity contribution in [3.63, 3.8) is 0 Å². The highest BCUT2D eigenvalue weighted by Crippen LogP contribution is 2.19. The maximum absolute atomic E-state index is 6.37. The van der Waals surface area contributed by atoms with Crippen LogP contribution in [0.25, 0.3) is 0 Å². The summed E-state index contributed by atoms with van der Waals surface area (Å²) in [5.41, 5.74) is 5.14. The molecule has 1 unspecified atom stereocenters. The van der Waals surface area contributed by atoms with Crippen molar-refractivity contribution in [3.8, 4) is 0 Å². The van der Waals surface area contributed by atoms with Gasteiger partial charge in [-0.2, -0.15) is 0 Å². The molecule has 100 valence electrons. The van der Waals surface area contributed by atoms with E-state index >= 15 is 0 Å². The molecule has 0 aromatic heterocycles. The Morgan fingerprint density at radius 1 is 1.00 bits per heavy atom. The summed E-state index contributed by atoms with van der Waals surface area (Å²) in [5, 5.41) is 3.44. The first-order valence-corrected chi connectivity index (χ1v) is 7.06. The van der Waals surface area contributed by atoms with Crippen LogP contribution in [0.2, 0.25) is 0 Å². The third-order valence-corrected chi connectivity index (χ3v) is 3.79. The molecule has 0 bridgehead atoms. The first-order valence-electron chi connectivity index (χ1n) is 6.62. The lowest BCUT2D eigenvalue weighted by Gasteiger charge is -2.12. The molecule has 0 aliphatic rings. The van der Waals surface area contributed by atoms with Crippen molar-refractivity contribution in [1.29, 1.82) is 0 Å². The van der Waals surface area contributed by atoms with E-state index in [4.69, 9.17) is 11.6 Å². The second-order valence-corrected chi connectivity index (χ2v) is 5.45. The van der Waals surface area contributed by atoms with Gasteiger partial charge in [-0.25, -0.2) is 0 Å². The van der Waals surface area contributed by atoms with Crippen LogP contribution in [0.4, 0.5) is 0 Å². The first kappa shape index (κ1) is 14.1. The molecule has 1 N–H and O–H groups in total. The quantitative estimate of drug-likeness (QED) is 0.798. The van der Waals surface area contributed by atoms with Gasteiger partial charge in [-0.1, -0.05) is 48.5 Å². The average molecular weight is 274 g/mol. The van der Waals surface area contributed by atoms with Crippen LogP contribution in [-0.4, -0.2) is 6.54 Å². The molecule has 0 heterocycles. The van der Waals surface area contributed by atoms with Crippen LogP contribution < -0.4 is 5.32 Å². The number of nitrogens with one attached hydrogen (secondary N) is 1. The fourth-order valence-corrected chi connectivity index (χ4v) is 2.29. The van der Waals surface area contributed by atoms with Crippen LogP contribution >= 0.6 is 11.6 Å². The van der Waals surface area contributed by atoms with E-state index in [1.54, 1.807) is 0 Å². The maximum atomic E-state index is 6.37. The molecule has 2 rings (SSSR count). The number of rotatable bonds is 5. The highest BCUT2D eigenvalue weighted by molar-refractivity contribution is 6.21. The molecular formula is C17H20ClN. The molecule has 2 aromatic carbocycles. The smallest absolute Gasteiger partial charge is 0.0709 e. The van der Waals surface area contributed by atoms with Crippen molar-refractivity contribution < 1.29 is 0 Å². The molecule has 19 heavy (non-hydrogen) atoms. The van der Waals surface area contributed by atoms with Gasteiger partial charge in [0.15, 0.2) is 0 Å². The molecular weight excluding hydrogens is 254 g/mol. The van der Waals surface area contributed by atoms with E-state index in [1.807, 2.05) is 18.2 Å². The Morgan fingerprint density at radius 2 is 1.74 bits per heavy atom. The van der Waals surface area contributed by atoms with Gasteiger partial charge in [0.1, 0.15) is 0 Å². The SMILES string of the molecule is Cc1ccc(CNCC(Cl)c2ccccc2)cc1C. The number of halogens is 1. The van der Waals surface area contributed by atoms with Crippen molar-refractivity contribution in [3.05, 3.63) is 70.8 Å². The molecule has 0 fully saturated rings. The standard InChI is InChI=1S/C17H20ClN/c1-13-8-9-15(10-14(13)2)11-19-12-17(18)16-6-4-3-5-7-16/h3-10,17,19H,11-12H2,1-2H3. The maximum Gasteiger partial charge on any atom is 0.0709 e. The molecule has 0 saturated heterocycles. The predicted octanol–water partition coefficient (Wildman–Crippen LogP) is 4.37. The number of hydrogen-bond donors (Lipinski definition) is 1. The zero-order valence-electron chi connectivity index (χ0n) is 11.5. The Hall–Kier alpha value is -1.31. The van der Waals surface area contributed by atoms with Gasteiger partial charge in [-0.05, 0) is 36.1 Å². The van der Waals surface area contributed by atoms with Gasteiger partial charge >= 0.3 is 0 Å². The Bertz CT molecular complexity index is 522. The summed E-state index contributed by atoms with van der Waals surface area (Å²) in [7, 11) is 0. The van der Waals surface area contributed by atoms with E-state index < -0.39 is 0 Å². The van der Waals surface area contributed by atoms with Crippen LogP contribution in [0.15, 0.2) is 48.5 Å². The molecule has 0 spiro atoms. The van der Waals surface area contributed by atoms with Crippen molar-refractivity contribution in [2.75, 3.05) is 6.54 Å². The molecule has 0 aliphatic carbocycles. The zero-order chi connectivity index (χ0) is 13.7. The minimum absolute atomic E-state index is 0.0211. The van der Waals surface area contributed by atoms with Gasteiger partial charge in [0.2, 0.25) is 0 Å². The molecule has 0 saturated carbocycles. The predicted molar refractivity (Wildman–Crippen MR) is 82.7 cm³/mol. The largest absolute Gasteiger partial charge is 0.311 e. The Kier molecular flexibility index (Phi) is 5.00. The minimum atomic E-state index is 0.0211. The van der Waals surface area contributed by atoms with Crippen molar-refractivity contribution in [2.24, 2.45) is 0 Å². The molecule has 1 atom stereocenters. The van der Waals surface area contributed by atoms with Crippen molar-refractivity contribution >= 4 is 11.6 Å². The van der Waals surface area contributed by atoms with Crippen molar-refractivity contribution in [1.82, 2.24) is 5.32 Å². The summed E-state index contributed by atoms with van der Waals surface area (Å²) in [6.45, 7) is 5.92. The van der Waals surface area contributed by atoms with Gasteiger partial charge in [0.05, 0.1) is 5.38 Å². The number of hydrogen-bond acceptors (Lipinski definition) is 1. The number of alkyl halides is 1. The fourth-order valence-electron chi connectivity index (χ4n) is 2.04. The van der Waals surface area contributed by atoms with Crippen LogP contribution in [0, 0.1) is 13.8 Å². The summed E-state index contributed by atoms with van der Waals surface area (Å²) >= 11 is 6.37. The molecule has 0 amide bonds. The highest BCUT2D eigenvalue weighted by Gasteiger charge is 2.06. The summed E-state index contributed by atoms with van der Waals surface area (Å²) in [6.07, 6.45) is 0. The Balaban J connectivity index is 1.85. The summed E-state index contributed by atoms with van der Waals surface area (Å²) < 4.78 is 0. The van der Waals surface area contributed by atoms with E-state index in [1.165, 1.54) is 16.7 Å². The van der Waals surface area contributed by atoms with Crippen LogP contribution in [-0.2, 0) is 6.54 Å². The van der Waals surface area contributed by atoms with Gasteiger partial charge in [-0.3, -0.25) is 0 Å². The van der Waals surface area contributed by atoms with E-state index in [2.05, 4.69) is 49.5 Å². The van der Waals surface area contributed by atoms with Gasteiger partial charge in [0.25, 0.3) is 0 Å². The molecule has 2 aromatic rings. The average Bonchev–Trinajstić information content (AvgIpc) is 2.43. The van der Waals surface area contributed by atoms with Crippen LogP contribution in [0.5, 0.6) is 0 Å². The van der Waals surface area contributed by atoms with Gasteiger partial charge in [-0.15, -0.1) is 11.6 Å². The summed E-state index contributed by atoms with van der Waals surface area (Å²) in [6, 6.07) is 16.7. The van der Waals surface area contributed by atoms with Crippen molar-refractivity contribution in [2.45, 2.75) is 25.8 Å². The van der Waals surface area contributed by atoms with E-state index in [0.29, 0.717) is 0 Å². The minimum Gasteiger partial charge on any atom is -0.311 e. The molecule has 0 radical (unpaired) electrons. The monoisotopic (exact) mass is 273 g/mol. The summed E-state index contributed by atoms with van der Waals surface area (Å²) in [4.78, 5) is 0. The highest BCUT2D eigenvalue weighted by atomic mass is 35.5. The second kappa shape index (κ2) is 6.74. The topological polar surface area (TPSA) is 12.0 Å². The van der Waals surface area contributed by atoms with E-state index in [-0.39, 0.29) is 5.38 Å². The third-order valence-electron chi connectivity index (χ3n) is 3.39. The number of aryl methyl sites for hydroxylation is 2. The second-order valence-electron chi connectivity index (χ2n) is 4.93. The number of benzene rings is 2. The normalized spacial score (nSPS) is 12.4. The lowest BCUT2D eigenvalue weighted by molar-refractivity contribution is 0.674. The fraction of sp³-hybridized carbons (Fsp3) is 0.294. The molecule has 0 aliphatic heterocycles. The Labute approximate surface area is 120 Å². The molecule has 1 nitrogen and oxygen atoms in total. The lowest BCUT2D eigenvalue weighted by Crippen LogP contribution is -2.18. The molecule has 2 heteroatoms. The first-order chi connectivity index (χ1) is 9.16. The van der Waals surface area contributed by atoms with Crippen LogP contribution in [0.1, 0.15) is 27.6 Å². The van der Waals surface area contributed by atoms with Gasteiger partial charge < -0.3 is 5.32 Å². The van der Waals surface area contributed by atoms with E-state index in [0.717, 1.165) is 18.7 Å².